The van der Waals surface area contributed by atoms with Gasteiger partial charge in [-0.05, 0) is 30.0 Å². The van der Waals surface area contributed by atoms with E-state index in [0.717, 1.165) is 0 Å². The van der Waals surface area contributed by atoms with Crippen LogP contribution in [0.1, 0.15) is 35.3 Å². The maximum Gasteiger partial charge on any atom is 0.336 e. The molecular formula is C11H12ClFO2. The summed E-state index contributed by atoms with van der Waals surface area (Å²) in [5.74, 6) is -1.57. The molecule has 15 heavy (non-hydrogen) atoms. The maximum atomic E-state index is 13.6. The molecule has 1 aromatic rings. The van der Waals surface area contributed by atoms with Gasteiger partial charge in [-0.15, -0.1) is 0 Å². The smallest absolute Gasteiger partial charge is 0.336 e. The van der Waals surface area contributed by atoms with Crippen LogP contribution >= 0.6 is 11.6 Å². The lowest BCUT2D eigenvalue weighted by atomic mass is 9.96. The Morgan fingerprint density at radius 1 is 1.40 bits per heavy atom. The Balaban J connectivity index is 3.54. The van der Waals surface area contributed by atoms with Gasteiger partial charge in [0.05, 0.1) is 10.6 Å². The molecule has 1 rings (SSSR count). The van der Waals surface area contributed by atoms with Crippen molar-refractivity contribution in [3.8, 4) is 0 Å². The second kappa shape index (κ2) is 4.62. The minimum Gasteiger partial charge on any atom is -0.478 e. The van der Waals surface area contributed by atoms with Crippen molar-refractivity contribution in [3.63, 3.8) is 0 Å². The van der Waals surface area contributed by atoms with Gasteiger partial charge in [0.15, 0.2) is 0 Å². The molecule has 1 aromatic carbocycles. The van der Waals surface area contributed by atoms with Crippen molar-refractivity contribution in [2.45, 2.75) is 26.7 Å². The largest absolute Gasteiger partial charge is 0.478 e. The van der Waals surface area contributed by atoms with Crippen LogP contribution in [0, 0.1) is 5.82 Å². The third-order valence-electron chi connectivity index (χ3n) is 2.37. The highest BCUT2D eigenvalue weighted by atomic mass is 35.5. The van der Waals surface area contributed by atoms with Crippen molar-refractivity contribution in [1.82, 2.24) is 0 Å². The summed E-state index contributed by atoms with van der Waals surface area (Å²) in [7, 11) is 0. The standard InChI is InChI=1S/C11H12ClFO2/c1-3-6-7(4-2)10(13)9(12)5-8(6)11(14)15/h5H,3-4H2,1-2H3,(H,14,15). The summed E-state index contributed by atoms with van der Waals surface area (Å²) in [6.07, 6.45) is 0.925. The molecule has 0 radical (unpaired) electrons. The van der Waals surface area contributed by atoms with Crippen molar-refractivity contribution in [2.24, 2.45) is 0 Å². The number of hydrogen-bond donors (Lipinski definition) is 1. The van der Waals surface area contributed by atoms with Crippen LogP contribution in [0.15, 0.2) is 6.07 Å². The fourth-order valence-electron chi connectivity index (χ4n) is 1.68. The van der Waals surface area contributed by atoms with Crippen LogP contribution in [0.5, 0.6) is 0 Å². The van der Waals surface area contributed by atoms with Crippen LogP contribution < -0.4 is 0 Å². The molecule has 1 N–H and O–H groups in total. The molecule has 0 atom stereocenters. The number of hydrogen-bond acceptors (Lipinski definition) is 1. The Labute approximate surface area is 92.7 Å². The van der Waals surface area contributed by atoms with Crippen LogP contribution in [-0.2, 0) is 12.8 Å². The lowest BCUT2D eigenvalue weighted by Gasteiger charge is -2.11. The first kappa shape index (κ1) is 12.0. The molecule has 0 spiro atoms. The molecule has 0 fully saturated rings. The SMILES string of the molecule is CCc1c(C(=O)O)cc(Cl)c(F)c1CC. The summed E-state index contributed by atoms with van der Waals surface area (Å²) in [5.41, 5.74) is 1.04. The fourth-order valence-corrected chi connectivity index (χ4v) is 1.90. The lowest BCUT2D eigenvalue weighted by molar-refractivity contribution is 0.0695. The van der Waals surface area contributed by atoms with E-state index in [2.05, 4.69) is 0 Å². The molecule has 0 heterocycles. The summed E-state index contributed by atoms with van der Waals surface area (Å²) in [6.45, 7) is 3.58. The monoisotopic (exact) mass is 230 g/mol. The van der Waals surface area contributed by atoms with Gasteiger partial charge >= 0.3 is 5.97 Å². The van der Waals surface area contributed by atoms with E-state index in [1.807, 2.05) is 0 Å². The first-order chi connectivity index (χ1) is 7.02. The molecule has 0 saturated carbocycles. The zero-order valence-corrected chi connectivity index (χ0v) is 9.36. The van der Waals surface area contributed by atoms with E-state index in [1.165, 1.54) is 6.07 Å². The summed E-state index contributed by atoms with van der Waals surface area (Å²) >= 11 is 5.63. The van der Waals surface area contributed by atoms with Gasteiger partial charge in [0.25, 0.3) is 0 Å². The third kappa shape index (κ3) is 2.12. The molecular weight excluding hydrogens is 219 g/mol. The second-order valence-electron chi connectivity index (χ2n) is 3.19. The second-order valence-corrected chi connectivity index (χ2v) is 3.60. The predicted octanol–water partition coefficient (Wildman–Crippen LogP) is 3.30. The molecule has 2 nitrogen and oxygen atoms in total. The first-order valence-electron chi connectivity index (χ1n) is 4.75. The Hall–Kier alpha value is -1.09. The van der Waals surface area contributed by atoms with E-state index in [9.17, 15) is 9.18 Å². The van der Waals surface area contributed by atoms with E-state index in [1.54, 1.807) is 13.8 Å². The average molecular weight is 231 g/mol. The van der Waals surface area contributed by atoms with Crippen molar-refractivity contribution < 1.29 is 14.3 Å². The minimum atomic E-state index is -1.07. The Kier molecular flexibility index (Phi) is 3.69. The van der Waals surface area contributed by atoms with Gasteiger partial charge in [0, 0.05) is 0 Å². The zero-order chi connectivity index (χ0) is 11.6. The normalized spacial score (nSPS) is 10.4. The number of carbonyl (C=O) groups is 1. The van der Waals surface area contributed by atoms with E-state index in [0.29, 0.717) is 24.0 Å². The molecule has 0 aliphatic rings. The van der Waals surface area contributed by atoms with Crippen LogP contribution in [-0.4, -0.2) is 11.1 Å². The summed E-state index contributed by atoms with van der Waals surface area (Å²) < 4.78 is 13.6. The number of carboxylic acids is 1. The van der Waals surface area contributed by atoms with Gasteiger partial charge in [-0.2, -0.15) is 0 Å². The Morgan fingerprint density at radius 3 is 2.33 bits per heavy atom. The molecule has 0 saturated heterocycles. The summed E-state index contributed by atoms with van der Waals surface area (Å²) in [5, 5.41) is 8.83. The Morgan fingerprint density at radius 2 is 1.93 bits per heavy atom. The number of carboxylic acid groups (broad SMARTS) is 1. The molecule has 0 unspecified atom stereocenters. The summed E-state index contributed by atoms with van der Waals surface area (Å²) in [6, 6.07) is 1.18. The van der Waals surface area contributed by atoms with E-state index in [4.69, 9.17) is 16.7 Å². The first-order valence-corrected chi connectivity index (χ1v) is 5.13. The van der Waals surface area contributed by atoms with Gasteiger partial charge in [-0.25, -0.2) is 9.18 Å². The lowest BCUT2D eigenvalue weighted by Crippen LogP contribution is -2.07. The molecule has 0 aliphatic heterocycles. The average Bonchev–Trinajstić information content (AvgIpc) is 2.20. The topological polar surface area (TPSA) is 37.3 Å². The van der Waals surface area contributed by atoms with E-state index in [-0.39, 0.29) is 10.6 Å². The van der Waals surface area contributed by atoms with Crippen molar-refractivity contribution in [2.75, 3.05) is 0 Å². The van der Waals surface area contributed by atoms with Gasteiger partial charge in [0.1, 0.15) is 5.82 Å². The molecule has 0 bridgehead atoms. The maximum absolute atomic E-state index is 13.6. The summed E-state index contributed by atoms with van der Waals surface area (Å²) in [4.78, 5) is 10.9. The number of benzene rings is 1. The van der Waals surface area contributed by atoms with Crippen LogP contribution in [0.4, 0.5) is 4.39 Å². The molecule has 0 amide bonds. The van der Waals surface area contributed by atoms with Crippen LogP contribution in [0.3, 0.4) is 0 Å². The third-order valence-corrected chi connectivity index (χ3v) is 2.65. The molecule has 4 heteroatoms. The van der Waals surface area contributed by atoms with Crippen molar-refractivity contribution in [3.05, 3.63) is 33.6 Å². The highest BCUT2D eigenvalue weighted by Crippen LogP contribution is 2.26. The van der Waals surface area contributed by atoms with Gasteiger partial charge in [0.2, 0.25) is 0 Å². The number of aromatic carboxylic acids is 1. The number of rotatable bonds is 3. The van der Waals surface area contributed by atoms with E-state index < -0.39 is 11.8 Å². The van der Waals surface area contributed by atoms with Gasteiger partial charge in [-0.3, -0.25) is 0 Å². The molecule has 82 valence electrons. The quantitative estimate of drug-likeness (QED) is 0.865. The van der Waals surface area contributed by atoms with Crippen molar-refractivity contribution in [1.29, 1.82) is 0 Å². The number of halogens is 2. The molecule has 0 aromatic heterocycles. The Bertz CT molecular complexity index is 402. The van der Waals surface area contributed by atoms with Gasteiger partial charge < -0.3 is 5.11 Å². The minimum absolute atomic E-state index is 0.0979. The van der Waals surface area contributed by atoms with Gasteiger partial charge in [-0.1, -0.05) is 25.4 Å². The van der Waals surface area contributed by atoms with E-state index >= 15 is 0 Å². The van der Waals surface area contributed by atoms with Crippen molar-refractivity contribution >= 4 is 17.6 Å². The van der Waals surface area contributed by atoms with Crippen LogP contribution in [0.2, 0.25) is 5.02 Å². The van der Waals surface area contributed by atoms with Crippen LogP contribution in [0.25, 0.3) is 0 Å². The fraction of sp³-hybridized carbons (Fsp3) is 0.364. The highest BCUT2D eigenvalue weighted by molar-refractivity contribution is 6.31. The zero-order valence-electron chi connectivity index (χ0n) is 8.60. The predicted molar refractivity (Wildman–Crippen MR) is 57.1 cm³/mol. The highest BCUT2D eigenvalue weighted by Gasteiger charge is 2.18. The molecule has 0 aliphatic carbocycles.